The number of aliphatic hydroxyl groups is 1. The van der Waals surface area contributed by atoms with Crippen molar-refractivity contribution in [1.82, 2.24) is 15.5 Å². The molecule has 106 valence electrons. The third-order valence-corrected chi connectivity index (χ3v) is 3.53. The number of hydrogen-bond acceptors (Lipinski definition) is 5. The van der Waals surface area contributed by atoms with Crippen molar-refractivity contribution >= 4 is 0 Å². The molecular formula is C15H19N3O2. The molecule has 2 N–H and O–H groups in total. The largest absolute Gasteiger partial charge is 0.392 e. The zero-order chi connectivity index (χ0) is 14.1. The summed E-state index contributed by atoms with van der Waals surface area (Å²) in [5.74, 6) is 1.26. The van der Waals surface area contributed by atoms with E-state index in [0.29, 0.717) is 31.1 Å². The number of aliphatic hydroxyl groups excluding tert-OH is 1. The zero-order valence-corrected chi connectivity index (χ0v) is 11.8. The van der Waals surface area contributed by atoms with Crippen molar-refractivity contribution in [3.63, 3.8) is 0 Å². The van der Waals surface area contributed by atoms with E-state index in [4.69, 9.17) is 4.52 Å². The molecule has 1 aromatic carbocycles. The summed E-state index contributed by atoms with van der Waals surface area (Å²) in [7, 11) is 0. The van der Waals surface area contributed by atoms with Crippen LogP contribution in [0.15, 0.2) is 22.7 Å². The van der Waals surface area contributed by atoms with Crippen LogP contribution in [0.5, 0.6) is 0 Å². The second-order valence-electron chi connectivity index (χ2n) is 5.57. The maximum atomic E-state index is 9.51. The first-order chi connectivity index (χ1) is 9.60. The molecule has 0 amide bonds. The number of benzene rings is 1. The van der Waals surface area contributed by atoms with E-state index in [1.54, 1.807) is 0 Å². The molecular weight excluding hydrogens is 254 g/mol. The first kappa shape index (κ1) is 13.3. The van der Waals surface area contributed by atoms with Gasteiger partial charge in [-0.3, -0.25) is 0 Å². The van der Waals surface area contributed by atoms with Gasteiger partial charge in [-0.1, -0.05) is 34.5 Å². The summed E-state index contributed by atoms with van der Waals surface area (Å²) in [6.45, 7) is 4.75. The maximum Gasteiger partial charge on any atom is 0.243 e. The molecule has 1 fully saturated rings. The average molecular weight is 273 g/mol. The van der Waals surface area contributed by atoms with Crippen LogP contribution in [0.4, 0.5) is 0 Å². The van der Waals surface area contributed by atoms with Crippen molar-refractivity contribution in [2.45, 2.75) is 38.8 Å². The number of hydrogen-bond donors (Lipinski definition) is 2. The molecule has 5 nitrogen and oxygen atoms in total. The molecule has 0 saturated carbocycles. The van der Waals surface area contributed by atoms with E-state index in [-0.39, 0.29) is 12.1 Å². The zero-order valence-electron chi connectivity index (χ0n) is 11.8. The first-order valence-electron chi connectivity index (χ1n) is 6.91. The number of β-amino-alcohol motifs (C(OH)–C–C–N with tert-alkyl or cyclic N) is 1. The molecule has 2 atom stereocenters. The smallest absolute Gasteiger partial charge is 0.243 e. The lowest BCUT2D eigenvalue weighted by molar-refractivity contribution is 0.191. The Kier molecular flexibility index (Phi) is 3.54. The third-order valence-electron chi connectivity index (χ3n) is 3.53. The normalized spacial score (nSPS) is 22.4. The molecule has 1 saturated heterocycles. The lowest BCUT2D eigenvalue weighted by atomic mass is 10.1. The fraction of sp³-hybridized carbons (Fsp3) is 0.467. The van der Waals surface area contributed by atoms with Crippen LogP contribution in [0, 0.1) is 13.8 Å². The molecule has 0 radical (unpaired) electrons. The Morgan fingerprint density at radius 3 is 2.70 bits per heavy atom. The van der Waals surface area contributed by atoms with E-state index in [1.165, 1.54) is 16.7 Å². The van der Waals surface area contributed by atoms with Crippen LogP contribution < -0.4 is 5.32 Å². The molecule has 3 rings (SSSR count). The van der Waals surface area contributed by atoms with E-state index in [2.05, 4.69) is 47.5 Å². The minimum absolute atomic E-state index is 0.0227. The van der Waals surface area contributed by atoms with Gasteiger partial charge >= 0.3 is 0 Å². The molecule has 0 spiro atoms. The topological polar surface area (TPSA) is 71.2 Å². The number of rotatable bonds is 3. The van der Waals surface area contributed by atoms with E-state index in [9.17, 15) is 5.11 Å². The molecule has 0 unspecified atom stereocenters. The Hall–Kier alpha value is -1.72. The van der Waals surface area contributed by atoms with E-state index < -0.39 is 0 Å². The molecule has 5 heteroatoms. The Labute approximate surface area is 118 Å². The molecule has 1 aromatic heterocycles. The van der Waals surface area contributed by atoms with Crippen molar-refractivity contribution in [2.75, 3.05) is 6.54 Å². The van der Waals surface area contributed by atoms with Gasteiger partial charge in [0.05, 0.1) is 12.1 Å². The maximum absolute atomic E-state index is 9.51. The molecule has 1 aliphatic heterocycles. The second kappa shape index (κ2) is 5.34. The van der Waals surface area contributed by atoms with E-state index in [1.807, 2.05) is 0 Å². The summed E-state index contributed by atoms with van der Waals surface area (Å²) in [4.78, 5) is 4.43. The highest BCUT2D eigenvalue weighted by molar-refractivity contribution is 5.30. The standard InChI is InChI=1S/C15H19N3O2/c1-9-3-10(2)5-11(4-9)6-14-17-15(20-18-14)13-7-12(19)8-16-13/h3-5,12-13,16,19H,6-8H2,1-2H3/t12-,13+/m0/s1. The van der Waals surface area contributed by atoms with Gasteiger partial charge in [0, 0.05) is 13.0 Å². The second-order valence-corrected chi connectivity index (χ2v) is 5.57. The van der Waals surface area contributed by atoms with Gasteiger partial charge in [-0.15, -0.1) is 0 Å². The summed E-state index contributed by atoms with van der Waals surface area (Å²) < 4.78 is 5.29. The molecule has 2 aromatic rings. The van der Waals surface area contributed by atoms with Crippen LogP contribution in [0.3, 0.4) is 0 Å². The molecule has 2 heterocycles. The Bertz CT molecular complexity index is 589. The van der Waals surface area contributed by atoms with E-state index >= 15 is 0 Å². The van der Waals surface area contributed by atoms with Gasteiger partial charge in [0.1, 0.15) is 0 Å². The summed E-state index contributed by atoms with van der Waals surface area (Å²) in [6, 6.07) is 6.40. The number of nitrogens with zero attached hydrogens (tertiary/aromatic N) is 2. The lowest BCUT2D eigenvalue weighted by Gasteiger charge is -2.02. The Morgan fingerprint density at radius 1 is 1.30 bits per heavy atom. The first-order valence-corrected chi connectivity index (χ1v) is 6.91. The predicted octanol–water partition coefficient (Wildman–Crippen LogP) is 1.67. The van der Waals surface area contributed by atoms with Crippen molar-refractivity contribution in [1.29, 1.82) is 0 Å². The van der Waals surface area contributed by atoms with Gasteiger partial charge in [-0.05, 0) is 25.8 Å². The van der Waals surface area contributed by atoms with Crippen LogP contribution in [0.1, 0.15) is 40.9 Å². The van der Waals surface area contributed by atoms with Crippen LogP contribution in [-0.4, -0.2) is 27.9 Å². The minimum Gasteiger partial charge on any atom is -0.392 e. The van der Waals surface area contributed by atoms with Crippen LogP contribution in [0.25, 0.3) is 0 Å². The van der Waals surface area contributed by atoms with Crippen LogP contribution in [-0.2, 0) is 6.42 Å². The van der Waals surface area contributed by atoms with Crippen molar-refractivity contribution < 1.29 is 9.63 Å². The van der Waals surface area contributed by atoms with E-state index in [0.717, 1.165) is 0 Å². The highest BCUT2D eigenvalue weighted by Crippen LogP contribution is 2.22. The molecule has 1 aliphatic rings. The van der Waals surface area contributed by atoms with Gasteiger partial charge < -0.3 is 14.9 Å². The van der Waals surface area contributed by atoms with Gasteiger partial charge in [0.2, 0.25) is 5.89 Å². The van der Waals surface area contributed by atoms with Crippen molar-refractivity contribution in [3.8, 4) is 0 Å². The third kappa shape index (κ3) is 2.89. The quantitative estimate of drug-likeness (QED) is 0.890. The number of aryl methyl sites for hydroxylation is 2. The summed E-state index contributed by atoms with van der Waals surface area (Å²) in [5.41, 5.74) is 3.67. The predicted molar refractivity (Wildman–Crippen MR) is 74.4 cm³/mol. The SMILES string of the molecule is Cc1cc(C)cc(Cc2noc([C@H]3C[C@H](O)CN3)n2)c1. The van der Waals surface area contributed by atoms with Gasteiger partial charge in [-0.2, -0.15) is 4.98 Å². The van der Waals surface area contributed by atoms with Gasteiger partial charge in [0.15, 0.2) is 5.82 Å². The highest BCUT2D eigenvalue weighted by Gasteiger charge is 2.28. The lowest BCUT2D eigenvalue weighted by Crippen LogP contribution is -2.15. The molecule has 0 aliphatic carbocycles. The highest BCUT2D eigenvalue weighted by atomic mass is 16.5. The summed E-state index contributed by atoms with van der Waals surface area (Å²) in [5, 5.41) is 16.7. The fourth-order valence-corrected chi connectivity index (χ4v) is 2.74. The summed E-state index contributed by atoms with van der Waals surface area (Å²) in [6.07, 6.45) is 0.974. The van der Waals surface area contributed by atoms with Gasteiger partial charge in [-0.25, -0.2) is 0 Å². The Balaban J connectivity index is 1.73. The van der Waals surface area contributed by atoms with Crippen LogP contribution >= 0.6 is 0 Å². The van der Waals surface area contributed by atoms with Gasteiger partial charge in [0.25, 0.3) is 0 Å². The molecule has 0 bridgehead atoms. The monoisotopic (exact) mass is 273 g/mol. The summed E-state index contributed by atoms with van der Waals surface area (Å²) >= 11 is 0. The average Bonchev–Trinajstić information content (AvgIpc) is 2.96. The number of aromatic nitrogens is 2. The molecule has 20 heavy (non-hydrogen) atoms. The Morgan fingerprint density at radius 2 is 2.05 bits per heavy atom. The number of nitrogens with one attached hydrogen (secondary N) is 1. The minimum atomic E-state index is -0.324. The van der Waals surface area contributed by atoms with Crippen molar-refractivity contribution in [3.05, 3.63) is 46.6 Å². The van der Waals surface area contributed by atoms with Crippen LogP contribution in [0.2, 0.25) is 0 Å². The fourth-order valence-electron chi connectivity index (χ4n) is 2.74. The van der Waals surface area contributed by atoms with Crippen molar-refractivity contribution in [2.24, 2.45) is 0 Å².